The molecule has 19 heavy (non-hydrogen) atoms. The predicted octanol–water partition coefficient (Wildman–Crippen LogP) is 2.99. The molecular formula is C15H20ClNO2. The smallest absolute Gasteiger partial charge is 0.227 e. The van der Waals surface area contributed by atoms with Gasteiger partial charge in [0.05, 0.1) is 5.92 Å². The summed E-state index contributed by atoms with van der Waals surface area (Å²) >= 11 is 5.90. The second-order valence-corrected chi connectivity index (χ2v) is 5.44. The molecule has 0 heterocycles. The Hall–Kier alpha value is -1.06. The molecule has 0 saturated heterocycles. The first kappa shape index (κ1) is 14.4. The SMILES string of the molecule is COCCCNC(=O)C(c1ccc(Cl)cc1)C1CC1. The Balaban J connectivity index is 1.95. The molecule has 2 rings (SSSR count). The summed E-state index contributed by atoms with van der Waals surface area (Å²) in [6.07, 6.45) is 3.12. The summed E-state index contributed by atoms with van der Waals surface area (Å²) < 4.78 is 4.98. The standard InChI is InChI=1S/C15H20ClNO2/c1-19-10-2-9-17-15(18)14(11-3-4-11)12-5-7-13(16)8-6-12/h5-8,11,14H,2-4,9-10H2,1H3,(H,17,18). The van der Waals surface area contributed by atoms with E-state index in [2.05, 4.69) is 5.32 Å². The van der Waals surface area contributed by atoms with E-state index in [9.17, 15) is 4.79 Å². The quantitative estimate of drug-likeness (QED) is 0.780. The molecule has 3 nitrogen and oxygen atoms in total. The largest absolute Gasteiger partial charge is 0.385 e. The number of hydrogen-bond donors (Lipinski definition) is 1. The molecule has 1 N–H and O–H groups in total. The van der Waals surface area contributed by atoms with Crippen LogP contribution in [-0.2, 0) is 9.53 Å². The average molecular weight is 282 g/mol. The first-order valence-corrected chi connectivity index (χ1v) is 7.12. The van der Waals surface area contributed by atoms with Gasteiger partial charge in [-0.15, -0.1) is 0 Å². The Kier molecular flexibility index (Phi) is 5.23. The van der Waals surface area contributed by atoms with E-state index in [4.69, 9.17) is 16.3 Å². The molecule has 1 aromatic carbocycles. The van der Waals surface area contributed by atoms with Gasteiger partial charge in [-0.05, 0) is 42.9 Å². The van der Waals surface area contributed by atoms with Crippen LogP contribution in [0.25, 0.3) is 0 Å². The summed E-state index contributed by atoms with van der Waals surface area (Å²) in [5.74, 6) is 0.587. The van der Waals surface area contributed by atoms with Crippen LogP contribution in [0.1, 0.15) is 30.7 Å². The van der Waals surface area contributed by atoms with Crippen molar-refractivity contribution in [2.45, 2.75) is 25.2 Å². The van der Waals surface area contributed by atoms with E-state index < -0.39 is 0 Å². The lowest BCUT2D eigenvalue weighted by atomic mass is 9.93. The van der Waals surface area contributed by atoms with Crippen molar-refractivity contribution in [2.75, 3.05) is 20.3 Å². The van der Waals surface area contributed by atoms with E-state index in [-0.39, 0.29) is 11.8 Å². The van der Waals surface area contributed by atoms with Gasteiger partial charge in [0.25, 0.3) is 0 Å². The normalized spacial score (nSPS) is 16.1. The fourth-order valence-electron chi connectivity index (χ4n) is 2.28. The number of ether oxygens (including phenoxy) is 1. The van der Waals surface area contributed by atoms with Crippen LogP contribution in [0, 0.1) is 5.92 Å². The Morgan fingerprint density at radius 1 is 1.42 bits per heavy atom. The minimum absolute atomic E-state index is 0.0280. The number of halogens is 1. The second kappa shape index (κ2) is 6.92. The topological polar surface area (TPSA) is 38.3 Å². The van der Waals surface area contributed by atoms with E-state index in [0.717, 1.165) is 24.8 Å². The van der Waals surface area contributed by atoms with E-state index in [0.29, 0.717) is 24.1 Å². The number of methoxy groups -OCH3 is 1. The number of amides is 1. The third-order valence-corrected chi connectivity index (χ3v) is 3.68. The lowest BCUT2D eigenvalue weighted by Gasteiger charge is -2.16. The predicted molar refractivity (Wildman–Crippen MR) is 76.4 cm³/mol. The number of benzene rings is 1. The molecule has 1 aromatic rings. The lowest BCUT2D eigenvalue weighted by molar-refractivity contribution is -0.123. The summed E-state index contributed by atoms with van der Waals surface area (Å²) in [4.78, 5) is 12.3. The molecule has 0 spiro atoms. The first-order chi connectivity index (χ1) is 9.22. The maximum Gasteiger partial charge on any atom is 0.227 e. The third-order valence-electron chi connectivity index (χ3n) is 3.43. The Bertz CT molecular complexity index is 415. The van der Waals surface area contributed by atoms with Gasteiger partial charge in [-0.1, -0.05) is 23.7 Å². The first-order valence-electron chi connectivity index (χ1n) is 6.74. The Morgan fingerprint density at radius 3 is 2.68 bits per heavy atom. The van der Waals surface area contributed by atoms with Crippen LogP contribution in [0.2, 0.25) is 5.02 Å². The zero-order valence-electron chi connectivity index (χ0n) is 11.2. The van der Waals surface area contributed by atoms with Gasteiger partial charge < -0.3 is 10.1 Å². The van der Waals surface area contributed by atoms with Crippen LogP contribution in [0.3, 0.4) is 0 Å². The van der Waals surface area contributed by atoms with Crippen molar-refractivity contribution in [3.8, 4) is 0 Å². The van der Waals surface area contributed by atoms with Crippen molar-refractivity contribution in [3.05, 3.63) is 34.9 Å². The molecule has 1 unspecified atom stereocenters. The van der Waals surface area contributed by atoms with Crippen molar-refractivity contribution in [1.82, 2.24) is 5.32 Å². The number of nitrogens with one attached hydrogen (secondary N) is 1. The number of carbonyl (C=O) groups excluding carboxylic acids is 1. The fraction of sp³-hybridized carbons (Fsp3) is 0.533. The molecule has 104 valence electrons. The molecule has 1 amide bonds. The van der Waals surface area contributed by atoms with Crippen molar-refractivity contribution in [1.29, 1.82) is 0 Å². The van der Waals surface area contributed by atoms with Crippen molar-refractivity contribution in [2.24, 2.45) is 5.92 Å². The van der Waals surface area contributed by atoms with Crippen LogP contribution >= 0.6 is 11.6 Å². The van der Waals surface area contributed by atoms with E-state index in [1.165, 1.54) is 0 Å². The molecule has 0 aliphatic heterocycles. The van der Waals surface area contributed by atoms with Crippen molar-refractivity contribution < 1.29 is 9.53 Å². The van der Waals surface area contributed by atoms with Gasteiger partial charge in [0.1, 0.15) is 0 Å². The van der Waals surface area contributed by atoms with E-state index >= 15 is 0 Å². The zero-order chi connectivity index (χ0) is 13.7. The minimum Gasteiger partial charge on any atom is -0.385 e. The zero-order valence-corrected chi connectivity index (χ0v) is 12.0. The van der Waals surface area contributed by atoms with Crippen molar-refractivity contribution in [3.63, 3.8) is 0 Å². The minimum atomic E-state index is -0.0280. The van der Waals surface area contributed by atoms with Gasteiger partial charge >= 0.3 is 0 Å². The van der Waals surface area contributed by atoms with Gasteiger partial charge in [-0.3, -0.25) is 4.79 Å². The maximum absolute atomic E-state index is 12.3. The molecule has 1 fully saturated rings. The lowest BCUT2D eigenvalue weighted by Crippen LogP contribution is -2.31. The van der Waals surface area contributed by atoms with Crippen LogP contribution in [-0.4, -0.2) is 26.2 Å². The summed E-state index contributed by atoms with van der Waals surface area (Å²) in [6.45, 7) is 1.35. The third kappa shape index (κ3) is 4.22. The van der Waals surface area contributed by atoms with Crippen LogP contribution in [0.5, 0.6) is 0 Å². The molecule has 4 heteroatoms. The Labute approximate surface area is 119 Å². The molecule has 1 aliphatic rings. The number of rotatable bonds is 7. The highest BCUT2D eigenvalue weighted by Gasteiger charge is 2.36. The molecule has 0 aromatic heterocycles. The van der Waals surface area contributed by atoms with Gasteiger partial charge in [-0.2, -0.15) is 0 Å². The molecule has 1 saturated carbocycles. The highest BCUT2D eigenvalue weighted by atomic mass is 35.5. The van der Waals surface area contributed by atoms with Gasteiger partial charge in [0, 0.05) is 25.3 Å². The van der Waals surface area contributed by atoms with E-state index in [1.54, 1.807) is 7.11 Å². The van der Waals surface area contributed by atoms with Gasteiger partial charge in [0.15, 0.2) is 0 Å². The molecule has 1 atom stereocenters. The maximum atomic E-state index is 12.3. The van der Waals surface area contributed by atoms with Crippen LogP contribution in [0.15, 0.2) is 24.3 Å². The summed E-state index contributed by atoms with van der Waals surface area (Å²) in [6, 6.07) is 7.62. The molecule has 1 aliphatic carbocycles. The molecule has 0 bridgehead atoms. The van der Waals surface area contributed by atoms with Gasteiger partial charge in [0.2, 0.25) is 5.91 Å². The van der Waals surface area contributed by atoms with Crippen LogP contribution < -0.4 is 5.32 Å². The number of carbonyl (C=O) groups is 1. The molecule has 0 radical (unpaired) electrons. The van der Waals surface area contributed by atoms with Gasteiger partial charge in [-0.25, -0.2) is 0 Å². The summed E-state index contributed by atoms with van der Waals surface area (Å²) in [5, 5.41) is 3.71. The second-order valence-electron chi connectivity index (χ2n) is 5.00. The highest BCUT2D eigenvalue weighted by Crippen LogP contribution is 2.42. The number of hydrogen-bond acceptors (Lipinski definition) is 2. The van der Waals surface area contributed by atoms with E-state index in [1.807, 2.05) is 24.3 Å². The Morgan fingerprint density at radius 2 is 2.11 bits per heavy atom. The fourth-order valence-corrected chi connectivity index (χ4v) is 2.40. The van der Waals surface area contributed by atoms with Crippen molar-refractivity contribution >= 4 is 17.5 Å². The summed E-state index contributed by atoms with van der Waals surface area (Å²) in [5.41, 5.74) is 1.07. The summed E-state index contributed by atoms with van der Waals surface area (Å²) in [7, 11) is 1.67. The average Bonchev–Trinajstić information content (AvgIpc) is 3.22. The molecular weight excluding hydrogens is 262 g/mol. The monoisotopic (exact) mass is 281 g/mol. The van der Waals surface area contributed by atoms with Crippen LogP contribution in [0.4, 0.5) is 0 Å². The highest BCUT2D eigenvalue weighted by molar-refractivity contribution is 6.30.